The molecule has 10 heavy (non-hydrogen) atoms. The van der Waals surface area contributed by atoms with Crippen molar-refractivity contribution in [1.82, 2.24) is 0 Å². The maximum atomic E-state index is 2.31. The molecule has 1 heterocycles. The molecule has 0 amide bonds. The molecular weight excluding hydrogens is 140 g/mol. The van der Waals surface area contributed by atoms with E-state index < -0.39 is 0 Å². The summed E-state index contributed by atoms with van der Waals surface area (Å²) in [7, 11) is 0. The lowest BCUT2D eigenvalue weighted by molar-refractivity contribution is 0.679. The zero-order chi connectivity index (χ0) is 6.81. The highest BCUT2D eigenvalue weighted by Crippen LogP contribution is 2.32. The molecule has 0 saturated carbocycles. The molecule has 1 aliphatic carbocycles. The van der Waals surface area contributed by atoms with Crippen LogP contribution in [0.4, 0.5) is 0 Å². The molecule has 2 unspecified atom stereocenters. The van der Waals surface area contributed by atoms with Gasteiger partial charge in [-0.3, -0.25) is 0 Å². The molecule has 2 rings (SSSR count). The van der Waals surface area contributed by atoms with Crippen LogP contribution in [0.3, 0.4) is 0 Å². The van der Waals surface area contributed by atoms with E-state index in [0.717, 1.165) is 11.2 Å². The van der Waals surface area contributed by atoms with Crippen LogP contribution < -0.4 is 0 Å². The lowest BCUT2D eigenvalue weighted by Gasteiger charge is -2.24. The summed E-state index contributed by atoms with van der Waals surface area (Å²) in [5, 5.41) is 2.93. The van der Waals surface area contributed by atoms with Crippen molar-refractivity contribution in [1.29, 1.82) is 0 Å². The van der Waals surface area contributed by atoms with E-state index in [-0.39, 0.29) is 0 Å². The fourth-order valence-electron chi connectivity index (χ4n) is 1.35. The Balaban J connectivity index is 2.19. The van der Waals surface area contributed by atoms with E-state index in [2.05, 4.69) is 35.8 Å². The summed E-state index contributed by atoms with van der Waals surface area (Å²) in [6, 6.07) is 0. The normalized spacial score (nSPS) is 36.0. The third-order valence-corrected chi connectivity index (χ3v) is 3.10. The minimum absolute atomic E-state index is 0.718. The molecule has 0 bridgehead atoms. The minimum Gasteiger partial charge on any atom is -0.126 e. The van der Waals surface area contributed by atoms with Crippen molar-refractivity contribution in [2.75, 3.05) is 0 Å². The van der Waals surface area contributed by atoms with Gasteiger partial charge in [0.2, 0.25) is 0 Å². The SMILES string of the molecule is C1=CC2CC=CSC2C=C1. The Bertz CT molecular complexity index is 179. The van der Waals surface area contributed by atoms with Gasteiger partial charge in [-0.2, -0.15) is 0 Å². The van der Waals surface area contributed by atoms with Crippen LogP contribution in [-0.4, -0.2) is 5.25 Å². The summed E-state index contributed by atoms with van der Waals surface area (Å²) in [6.45, 7) is 0. The maximum Gasteiger partial charge on any atom is 0.0337 e. The summed E-state index contributed by atoms with van der Waals surface area (Å²) in [6.07, 6.45) is 12.4. The molecule has 0 nitrogen and oxygen atoms in total. The summed E-state index contributed by atoms with van der Waals surface area (Å²) >= 11 is 1.93. The summed E-state index contributed by atoms with van der Waals surface area (Å²) in [5.41, 5.74) is 0. The van der Waals surface area contributed by atoms with Crippen molar-refractivity contribution in [3.63, 3.8) is 0 Å². The van der Waals surface area contributed by atoms with E-state index in [4.69, 9.17) is 0 Å². The molecule has 0 aromatic heterocycles. The number of thioether (sulfide) groups is 1. The van der Waals surface area contributed by atoms with Gasteiger partial charge in [-0.15, -0.1) is 11.8 Å². The summed E-state index contributed by atoms with van der Waals surface area (Å²) < 4.78 is 0. The molecule has 0 aromatic rings. The smallest absolute Gasteiger partial charge is 0.0337 e. The average molecular weight is 150 g/mol. The predicted octanol–water partition coefficient (Wildman–Crippen LogP) is 2.75. The van der Waals surface area contributed by atoms with Crippen LogP contribution in [0, 0.1) is 5.92 Å². The second-order valence-electron chi connectivity index (χ2n) is 2.64. The van der Waals surface area contributed by atoms with Gasteiger partial charge in [-0.05, 0) is 17.7 Å². The fraction of sp³-hybridized carbons (Fsp3) is 0.333. The van der Waals surface area contributed by atoms with Gasteiger partial charge in [0.25, 0.3) is 0 Å². The van der Waals surface area contributed by atoms with Crippen LogP contribution >= 0.6 is 11.8 Å². The van der Waals surface area contributed by atoms with Crippen molar-refractivity contribution in [3.05, 3.63) is 35.8 Å². The first-order valence-electron chi connectivity index (χ1n) is 3.62. The average Bonchev–Trinajstić information content (AvgIpc) is 2.05. The highest BCUT2D eigenvalue weighted by atomic mass is 32.2. The quantitative estimate of drug-likeness (QED) is 0.511. The first-order valence-corrected chi connectivity index (χ1v) is 4.56. The molecule has 0 N–H and O–H groups in total. The van der Waals surface area contributed by atoms with E-state index in [1.807, 2.05) is 11.8 Å². The van der Waals surface area contributed by atoms with Crippen LogP contribution in [0.2, 0.25) is 0 Å². The van der Waals surface area contributed by atoms with Gasteiger partial charge in [0.15, 0.2) is 0 Å². The monoisotopic (exact) mass is 150 g/mol. The number of rotatable bonds is 0. The van der Waals surface area contributed by atoms with E-state index in [9.17, 15) is 0 Å². The third kappa shape index (κ3) is 1.06. The molecule has 1 aliphatic heterocycles. The topological polar surface area (TPSA) is 0 Å². The van der Waals surface area contributed by atoms with Crippen molar-refractivity contribution < 1.29 is 0 Å². The number of allylic oxidation sites excluding steroid dienone is 4. The van der Waals surface area contributed by atoms with Crippen LogP contribution in [0.1, 0.15) is 6.42 Å². The second-order valence-corrected chi connectivity index (χ2v) is 3.73. The van der Waals surface area contributed by atoms with Crippen molar-refractivity contribution in [2.24, 2.45) is 5.92 Å². The Morgan fingerprint density at radius 1 is 1.20 bits per heavy atom. The summed E-state index contributed by atoms with van der Waals surface area (Å²) in [5.74, 6) is 0.764. The van der Waals surface area contributed by atoms with Crippen LogP contribution in [0.25, 0.3) is 0 Å². The zero-order valence-corrected chi connectivity index (χ0v) is 6.55. The Hall–Kier alpha value is -0.430. The lowest BCUT2D eigenvalue weighted by Crippen LogP contribution is -2.15. The Labute approximate surface area is 65.7 Å². The zero-order valence-electron chi connectivity index (χ0n) is 5.73. The molecular formula is C9H10S. The van der Waals surface area contributed by atoms with Gasteiger partial charge in [0, 0.05) is 5.25 Å². The highest BCUT2D eigenvalue weighted by molar-refractivity contribution is 8.02. The van der Waals surface area contributed by atoms with E-state index >= 15 is 0 Å². The van der Waals surface area contributed by atoms with Crippen molar-refractivity contribution in [3.8, 4) is 0 Å². The number of hydrogen-bond acceptors (Lipinski definition) is 1. The molecule has 0 radical (unpaired) electrons. The molecule has 0 spiro atoms. The van der Waals surface area contributed by atoms with Gasteiger partial charge < -0.3 is 0 Å². The molecule has 1 heteroatoms. The molecule has 52 valence electrons. The van der Waals surface area contributed by atoms with E-state index in [1.165, 1.54) is 6.42 Å². The number of hydrogen-bond donors (Lipinski definition) is 0. The molecule has 0 aromatic carbocycles. The van der Waals surface area contributed by atoms with Gasteiger partial charge in [0.1, 0.15) is 0 Å². The first kappa shape index (κ1) is 6.29. The van der Waals surface area contributed by atoms with Gasteiger partial charge in [-0.25, -0.2) is 0 Å². The molecule has 2 aliphatic rings. The van der Waals surface area contributed by atoms with E-state index in [0.29, 0.717) is 0 Å². The molecule has 0 fully saturated rings. The third-order valence-electron chi connectivity index (χ3n) is 1.93. The van der Waals surface area contributed by atoms with Gasteiger partial charge >= 0.3 is 0 Å². The minimum atomic E-state index is 0.718. The van der Waals surface area contributed by atoms with Crippen LogP contribution in [-0.2, 0) is 0 Å². The molecule has 2 atom stereocenters. The van der Waals surface area contributed by atoms with Crippen LogP contribution in [0.5, 0.6) is 0 Å². The molecule has 0 saturated heterocycles. The van der Waals surface area contributed by atoms with Gasteiger partial charge in [-0.1, -0.05) is 30.4 Å². The second kappa shape index (κ2) is 2.67. The summed E-state index contributed by atoms with van der Waals surface area (Å²) in [4.78, 5) is 0. The van der Waals surface area contributed by atoms with Gasteiger partial charge in [0.05, 0.1) is 0 Å². The standard InChI is InChI=1S/C9H10S/c1-2-6-9-8(4-1)5-3-7-10-9/h1-4,6-9H,5H2. The van der Waals surface area contributed by atoms with E-state index in [1.54, 1.807) is 0 Å². The highest BCUT2D eigenvalue weighted by Gasteiger charge is 2.18. The van der Waals surface area contributed by atoms with Crippen LogP contribution in [0.15, 0.2) is 35.8 Å². The number of fused-ring (bicyclic) bond motifs is 1. The predicted molar refractivity (Wildman–Crippen MR) is 46.9 cm³/mol. The maximum absolute atomic E-state index is 2.31. The fourth-order valence-corrected chi connectivity index (χ4v) is 2.34. The lowest BCUT2D eigenvalue weighted by atomic mass is 9.97. The van der Waals surface area contributed by atoms with Crippen molar-refractivity contribution >= 4 is 11.8 Å². The first-order chi connectivity index (χ1) is 4.97. The Morgan fingerprint density at radius 2 is 2.10 bits per heavy atom. The largest absolute Gasteiger partial charge is 0.126 e. The Kier molecular flexibility index (Phi) is 1.68. The van der Waals surface area contributed by atoms with Crippen molar-refractivity contribution in [2.45, 2.75) is 11.7 Å². The Morgan fingerprint density at radius 3 is 3.00 bits per heavy atom.